The van der Waals surface area contributed by atoms with Crippen molar-refractivity contribution in [3.05, 3.63) is 26.9 Å². The van der Waals surface area contributed by atoms with Gasteiger partial charge in [-0.2, -0.15) is 0 Å². The molecule has 1 aliphatic heterocycles. The molecule has 0 aromatic carbocycles. The lowest BCUT2D eigenvalue weighted by Crippen LogP contribution is -2.49. The number of nitro groups is 1. The highest BCUT2D eigenvalue weighted by Crippen LogP contribution is 2.26. The number of anilines is 1. The van der Waals surface area contributed by atoms with Crippen molar-refractivity contribution in [3.8, 4) is 0 Å². The van der Waals surface area contributed by atoms with Crippen molar-refractivity contribution in [1.82, 2.24) is 10.3 Å². The molecule has 2 rings (SSSR count). The van der Waals surface area contributed by atoms with Gasteiger partial charge in [0.15, 0.2) is 0 Å². The van der Waals surface area contributed by atoms with Crippen LogP contribution < -0.4 is 10.6 Å². The summed E-state index contributed by atoms with van der Waals surface area (Å²) in [5.41, 5.74) is -0.134. The van der Waals surface area contributed by atoms with Gasteiger partial charge in [-0.15, -0.1) is 0 Å². The summed E-state index contributed by atoms with van der Waals surface area (Å²) >= 11 is 3.30. The fraction of sp³-hybridized carbons (Fsp3) is 0.583. The maximum absolute atomic E-state index is 10.7. The molecule has 1 fully saturated rings. The second kappa shape index (κ2) is 6.47. The van der Waals surface area contributed by atoms with E-state index in [1.54, 1.807) is 7.11 Å². The van der Waals surface area contributed by atoms with Crippen LogP contribution in [-0.4, -0.2) is 42.3 Å². The van der Waals surface area contributed by atoms with Gasteiger partial charge in [-0.05, 0) is 35.3 Å². The van der Waals surface area contributed by atoms with E-state index in [0.29, 0.717) is 23.4 Å². The zero-order chi connectivity index (χ0) is 14.6. The average molecular weight is 345 g/mol. The highest BCUT2D eigenvalue weighted by molar-refractivity contribution is 9.10. The fourth-order valence-electron chi connectivity index (χ4n) is 2.38. The van der Waals surface area contributed by atoms with Crippen LogP contribution in [-0.2, 0) is 4.74 Å². The zero-order valence-electron chi connectivity index (χ0n) is 11.2. The molecule has 0 aliphatic carbocycles. The number of aromatic nitrogens is 1. The van der Waals surface area contributed by atoms with E-state index >= 15 is 0 Å². The lowest BCUT2D eigenvalue weighted by atomic mass is 9.99. The first kappa shape index (κ1) is 15.1. The third-order valence-corrected chi connectivity index (χ3v) is 3.99. The molecule has 1 aliphatic rings. The molecule has 1 aromatic rings. The van der Waals surface area contributed by atoms with Crippen molar-refractivity contribution in [2.24, 2.45) is 0 Å². The normalized spacial score (nSPS) is 21.9. The van der Waals surface area contributed by atoms with E-state index in [9.17, 15) is 10.1 Å². The molecule has 2 N–H and O–H groups in total. The van der Waals surface area contributed by atoms with E-state index in [4.69, 9.17) is 4.74 Å². The Bertz CT molecular complexity index is 492. The molecule has 110 valence electrons. The quantitative estimate of drug-likeness (QED) is 0.605. The second-order valence-electron chi connectivity index (χ2n) is 4.88. The van der Waals surface area contributed by atoms with Gasteiger partial charge in [0.2, 0.25) is 0 Å². The highest BCUT2D eigenvalue weighted by Gasteiger charge is 2.33. The summed E-state index contributed by atoms with van der Waals surface area (Å²) in [4.78, 5) is 14.3. The standard InChI is InChI=1S/C12H17BrN4O3/c1-20-8-12(3-2-4-16-12)7-15-11-10(13)5-9(6-14-11)17(18)19/h5-6,16H,2-4,7-8H2,1H3,(H,14,15). The van der Waals surface area contributed by atoms with Crippen LogP contribution in [0.3, 0.4) is 0 Å². The molecule has 7 nitrogen and oxygen atoms in total. The Hall–Kier alpha value is -1.25. The largest absolute Gasteiger partial charge is 0.383 e. The lowest BCUT2D eigenvalue weighted by Gasteiger charge is -2.29. The predicted octanol–water partition coefficient (Wildman–Crippen LogP) is 1.93. The number of hydrogen-bond donors (Lipinski definition) is 2. The fourth-order valence-corrected chi connectivity index (χ4v) is 2.86. The molecule has 20 heavy (non-hydrogen) atoms. The molecular formula is C12H17BrN4O3. The third kappa shape index (κ3) is 3.44. The number of pyridine rings is 1. The van der Waals surface area contributed by atoms with E-state index in [0.717, 1.165) is 19.4 Å². The maximum atomic E-state index is 10.7. The predicted molar refractivity (Wildman–Crippen MR) is 78.9 cm³/mol. The number of hydrogen-bond acceptors (Lipinski definition) is 6. The van der Waals surface area contributed by atoms with Crippen LogP contribution in [0.25, 0.3) is 0 Å². The van der Waals surface area contributed by atoms with E-state index < -0.39 is 4.92 Å². The topological polar surface area (TPSA) is 89.3 Å². The number of rotatable bonds is 6. The molecule has 0 bridgehead atoms. The van der Waals surface area contributed by atoms with Gasteiger partial charge >= 0.3 is 0 Å². The Morgan fingerprint density at radius 2 is 2.50 bits per heavy atom. The summed E-state index contributed by atoms with van der Waals surface area (Å²) in [6.45, 7) is 2.24. The first-order chi connectivity index (χ1) is 9.56. The highest BCUT2D eigenvalue weighted by atomic mass is 79.9. The molecule has 1 aromatic heterocycles. The van der Waals surface area contributed by atoms with Crippen LogP contribution in [0.1, 0.15) is 12.8 Å². The van der Waals surface area contributed by atoms with Gasteiger partial charge in [-0.3, -0.25) is 10.1 Å². The van der Waals surface area contributed by atoms with Crippen molar-refractivity contribution >= 4 is 27.4 Å². The van der Waals surface area contributed by atoms with Gasteiger partial charge in [0.05, 0.1) is 21.5 Å². The first-order valence-electron chi connectivity index (χ1n) is 6.34. The Balaban J connectivity index is 2.04. The molecule has 2 heterocycles. The summed E-state index contributed by atoms with van der Waals surface area (Å²) in [5.74, 6) is 0.597. The number of ether oxygens (including phenoxy) is 1. The van der Waals surface area contributed by atoms with Crippen molar-refractivity contribution in [2.45, 2.75) is 18.4 Å². The second-order valence-corrected chi connectivity index (χ2v) is 5.73. The summed E-state index contributed by atoms with van der Waals surface area (Å²) in [7, 11) is 1.68. The Morgan fingerprint density at radius 1 is 1.70 bits per heavy atom. The van der Waals surface area contributed by atoms with Gasteiger partial charge in [-0.25, -0.2) is 4.98 Å². The molecule has 1 atom stereocenters. The maximum Gasteiger partial charge on any atom is 0.288 e. The Labute approximate surface area is 125 Å². The number of nitrogens with one attached hydrogen (secondary N) is 2. The van der Waals surface area contributed by atoms with Gasteiger partial charge < -0.3 is 15.4 Å². The summed E-state index contributed by atoms with van der Waals surface area (Å²) in [6.07, 6.45) is 3.39. The number of methoxy groups -OCH3 is 1. The van der Waals surface area contributed by atoms with Crippen molar-refractivity contribution in [3.63, 3.8) is 0 Å². The smallest absolute Gasteiger partial charge is 0.288 e. The van der Waals surface area contributed by atoms with Gasteiger partial charge in [0, 0.05) is 19.7 Å². The summed E-state index contributed by atoms with van der Waals surface area (Å²) in [5, 5.41) is 17.3. The van der Waals surface area contributed by atoms with Gasteiger partial charge in [-0.1, -0.05) is 0 Å². The van der Waals surface area contributed by atoms with Crippen molar-refractivity contribution < 1.29 is 9.66 Å². The van der Waals surface area contributed by atoms with Crippen LogP contribution in [0, 0.1) is 10.1 Å². The van der Waals surface area contributed by atoms with Crippen LogP contribution in [0.5, 0.6) is 0 Å². The van der Waals surface area contributed by atoms with E-state index in [2.05, 4.69) is 31.5 Å². The minimum absolute atomic E-state index is 0.0342. The summed E-state index contributed by atoms with van der Waals surface area (Å²) in [6, 6.07) is 1.44. The molecular weight excluding hydrogens is 328 g/mol. The van der Waals surface area contributed by atoms with Gasteiger partial charge in [0.1, 0.15) is 12.0 Å². The van der Waals surface area contributed by atoms with E-state index in [1.807, 2.05) is 0 Å². The average Bonchev–Trinajstić information content (AvgIpc) is 2.86. The van der Waals surface area contributed by atoms with Crippen LogP contribution in [0.2, 0.25) is 0 Å². The third-order valence-electron chi connectivity index (χ3n) is 3.38. The molecule has 0 amide bonds. The zero-order valence-corrected chi connectivity index (χ0v) is 12.8. The molecule has 8 heteroatoms. The van der Waals surface area contributed by atoms with E-state index in [-0.39, 0.29) is 11.2 Å². The SMILES string of the molecule is COCC1(CNc2ncc([N+](=O)[O-])cc2Br)CCCN1. The minimum Gasteiger partial charge on any atom is -0.383 e. The molecule has 1 unspecified atom stereocenters. The van der Waals surface area contributed by atoms with Crippen molar-refractivity contribution in [1.29, 1.82) is 0 Å². The van der Waals surface area contributed by atoms with Gasteiger partial charge in [0.25, 0.3) is 5.69 Å². The molecule has 1 saturated heterocycles. The van der Waals surface area contributed by atoms with E-state index in [1.165, 1.54) is 12.3 Å². The molecule has 0 radical (unpaired) electrons. The van der Waals surface area contributed by atoms with Crippen molar-refractivity contribution in [2.75, 3.05) is 32.1 Å². The Morgan fingerprint density at radius 3 is 3.05 bits per heavy atom. The minimum atomic E-state index is -0.466. The molecule has 0 spiro atoms. The molecule has 0 saturated carbocycles. The van der Waals surface area contributed by atoms with Crippen LogP contribution >= 0.6 is 15.9 Å². The number of halogens is 1. The Kier molecular flexibility index (Phi) is 4.90. The lowest BCUT2D eigenvalue weighted by molar-refractivity contribution is -0.385. The monoisotopic (exact) mass is 344 g/mol. The number of nitrogens with zero attached hydrogens (tertiary/aromatic N) is 2. The first-order valence-corrected chi connectivity index (χ1v) is 7.13. The summed E-state index contributed by atoms with van der Waals surface area (Å²) < 4.78 is 5.86. The van der Waals surface area contributed by atoms with Crippen LogP contribution in [0.15, 0.2) is 16.7 Å². The van der Waals surface area contributed by atoms with Crippen LogP contribution in [0.4, 0.5) is 11.5 Å².